The highest BCUT2D eigenvalue weighted by Gasteiger charge is 2.33. The zero-order valence-electron chi connectivity index (χ0n) is 18.0. The summed E-state index contributed by atoms with van der Waals surface area (Å²) in [6, 6.07) is 12.0. The number of carbonyl (C=O) groups is 1. The fourth-order valence-electron chi connectivity index (χ4n) is 3.97. The minimum absolute atomic E-state index is 0.0539. The summed E-state index contributed by atoms with van der Waals surface area (Å²) in [7, 11) is 3.19. The van der Waals surface area contributed by atoms with E-state index in [0.29, 0.717) is 30.0 Å². The standard InChI is InChI=1S/C24H21ClN2O5S/c1-31-20-13-16-9-10-26(24(22-4-3-11-33-22)17(16)14-21(20)32-2)23(28)8-6-15-5-7-18(25)19(12-15)27(29)30/h3-8,11-14,24H,9-10H2,1-2H3/b8-6+. The molecule has 1 atom stereocenters. The van der Waals surface area contributed by atoms with Crippen LogP contribution in [0, 0.1) is 10.1 Å². The molecule has 0 spiro atoms. The number of fused-ring (bicyclic) bond motifs is 1. The van der Waals surface area contributed by atoms with E-state index in [-0.39, 0.29) is 22.7 Å². The second kappa shape index (κ2) is 9.64. The first kappa shape index (κ1) is 22.8. The van der Waals surface area contributed by atoms with Crippen molar-refractivity contribution in [2.45, 2.75) is 12.5 Å². The molecule has 2 heterocycles. The van der Waals surface area contributed by atoms with E-state index in [9.17, 15) is 14.9 Å². The minimum Gasteiger partial charge on any atom is -0.493 e. The number of nitro groups is 1. The van der Waals surface area contributed by atoms with Crippen molar-refractivity contribution >= 4 is 40.6 Å². The van der Waals surface area contributed by atoms with Crippen LogP contribution >= 0.6 is 22.9 Å². The van der Waals surface area contributed by atoms with Gasteiger partial charge in [-0.15, -0.1) is 11.3 Å². The molecule has 1 amide bonds. The molecule has 1 aromatic heterocycles. The molecule has 0 bridgehead atoms. The van der Waals surface area contributed by atoms with Crippen LogP contribution in [0.25, 0.3) is 6.08 Å². The molecule has 1 aliphatic heterocycles. The van der Waals surface area contributed by atoms with E-state index in [2.05, 4.69) is 0 Å². The van der Waals surface area contributed by atoms with Gasteiger partial charge in [-0.05, 0) is 58.8 Å². The van der Waals surface area contributed by atoms with Gasteiger partial charge in [0.2, 0.25) is 5.91 Å². The Morgan fingerprint density at radius 2 is 1.97 bits per heavy atom. The quantitative estimate of drug-likeness (QED) is 0.261. The van der Waals surface area contributed by atoms with E-state index in [0.717, 1.165) is 16.0 Å². The molecular weight excluding hydrogens is 464 g/mol. The molecule has 9 heteroatoms. The van der Waals surface area contributed by atoms with Gasteiger partial charge in [-0.3, -0.25) is 14.9 Å². The average Bonchev–Trinajstić information content (AvgIpc) is 3.35. The number of carbonyl (C=O) groups excluding carboxylic acids is 1. The number of hydrogen-bond acceptors (Lipinski definition) is 6. The Bertz CT molecular complexity index is 1230. The van der Waals surface area contributed by atoms with Crippen molar-refractivity contribution in [3.63, 3.8) is 0 Å². The van der Waals surface area contributed by atoms with Gasteiger partial charge in [-0.1, -0.05) is 23.7 Å². The Morgan fingerprint density at radius 3 is 2.64 bits per heavy atom. The van der Waals surface area contributed by atoms with Crippen LogP contribution < -0.4 is 9.47 Å². The van der Waals surface area contributed by atoms with Crippen LogP contribution in [0.3, 0.4) is 0 Å². The number of amides is 1. The van der Waals surface area contributed by atoms with Crippen LogP contribution in [-0.2, 0) is 11.2 Å². The van der Waals surface area contributed by atoms with Gasteiger partial charge in [0.1, 0.15) is 5.02 Å². The second-order valence-corrected chi connectivity index (χ2v) is 8.79. The zero-order chi connectivity index (χ0) is 23.5. The molecule has 0 aliphatic carbocycles. The Kier molecular flexibility index (Phi) is 6.67. The molecule has 1 aliphatic rings. The maximum atomic E-state index is 13.3. The molecule has 2 aromatic carbocycles. The number of benzene rings is 2. The molecule has 4 rings (SSSR count). The maximum absolute atomic E-state index is 13.3. The molecular formula is C24H21ClN2O5S. The molecule has 0 radical (unpaired) electrons. The molecule has 0 saturated carbocycles. The maximum Gasteiger partial charge on any atom is 0.288 e. The van der Waals surface area contributed by atoms with Crippen molar-refractivity contribution in [3.8, 4) is 11.5 Å². The van der Waals surface area contributed by atoms with E-state index in [1.807, 2.05) is 29.6 Å². The molecule has 0 saturated heterocycles. The summed E-state index contributed by atoms with van der Waals surface area (Å²) < 4.78 is 11.0. The lowest BCUT2D eigenvalue weighted by Gasteiger charge is -2.37. The van der Waals surface area contributed by atoms with Crippen molar-refractivity contribution in [1.29, 1.82) is 0 Å². The summed E-state index contributed by atoms with van der Waals surface area (Å²) >= 11 is 7.47. The first-order valence-electron chi connectivity index (χ1n) is 10.1. The van der Waals surface area contributed by atoms with E-state index >= 15 is 0 Å². The number of nitro benzene ring substituents is 1. The number of nitrogens with zero attached hydrogens (tertiary/aromatic N) is 2. The van der Waals surface area contributed by atoms with E-state index < -0.39 is 4.92 Å². The number of halogens is 1. The number of methoxy groups -OCH3 is 2. The summed E-state index contributed by atoms with van der Waals surface area (Å²) in [5.74, 6) is 1.08. The van der Waals surface area contributed by atoms with Crippen molar-refractivity contribution in [2.24, 2.45) is 0 Å². The number of ether oxygens (including phenoxy) is 2. The molecule has 0 fully saturated rings. The lowest BCUT2D eigenvalue weighted by atomic mass is 9.90. The fourth-order valence-corrected chi connectivity index (χ4v) is 5.01. The number of hydrogen-bond donors (Lipinski definition) is 0. The summed E-state index contributed by atoms with van der Waals surface area (Å²) in [6.45, 7) is 0.523. The molecule has 0 N–H and O–H groups in total. The highest BCUT2D eigenvalue weighted by molar-refractivity contribution is 7.10. The largest absolute Gasteiger partial charge is 0.493 e. The number of rotatable bonds is 6. The zero-order valence-corrected chi connectivity index (χ0v) is 19.6. The Balaban J connectivity index is 1.69. The Hall–Kier alpha value is -3.36. The lowest BCUT2D eigenvalue weighted by Crippen LogP contribution is -2.39. The summed E-state index contributed by atoms with van der Waals surface area (Å²) in [5, 5.41) is 13.2. The topological polar surface area (TPSA) is 81.9 Å². The minimum atomic E-state index is -0.544. The SMILES string of the molecule is COc1cc2c(cc1OC)C(c1cccs1)N(C(=O)/C=C/c1ccc(Cl)c([N+](=O)[O-])c1)CC2. The van der Waals surface area contributed by atoms with Crippen LogP contribution in [0.5, 0.6) is 11.5 Å². The van der Waals surface area contributed by atoms with Crippen LogP contribution in [0.2, 0.25) is 5.02 Å². The molecule has 1 unspecified atom stereocenters. The van der Waals surface area contributed by atoms with Crippen LogP contribution in [-0.4, -0.2) is 36.5 Å². The van der Waals surface area contributed by atoms with Crippen molar-refractivity contribution in [3.05, 3.63) is 90.6 Å². The third-order valence-corrected chi connectivity index (χ3v) is 6.80. The van der Waals surface area contributed by atoms with Crippen LogP contribution in [0.4, 0.5) is 5.69 Å². The summed E-state index contributed by atoms with van der Waals surface area (Å²) in [6.07, 6.45) is 3.68. The van der Waals surface area contributed by atoms with Gasteiger partial charge in [-0.2, -0.15) is 0 Å². The van der Waals surface area contributed by atoms with Crippen molar-refractivity contribution in [1.82, 2.24) is 4.90 Å². The Morgan fingerprint density at radius 1 is 1.21 bits per heavy atom. The first-order valence-corrected chi connectivity index (χ1v) is 11.4. The van der Waals surface area contributed by atoms with Gasteiger partial charge < -0.3 is 14.4 Å². The smallest absolute Gasteiger partial charge is 0.288 e. The predicted molar refractivity (Wildman–Crippen MR) is 128 cm³/mol. The Labute approximate surface area is 200 Å². The second-order valence-electron chi connectivity index (χ2n) is 7.41. The van der Waals surface area contributed by atoms with Gasteiger partial charge in [0, 0.05) is 23.6 Å². The van der Waals surface area contributed by atoms with E-state index in [1.54, 1.807) is 42.6 Å². The highest BCUT2D eigenvalue weighted by atomic mass is 35.5. The molecule has 3 aromatic rings. The fraction of sp³-hybridized carbons (Fsp3) is 0.208. The monoisotopic (exact) mass is 484 g/mol. The average molecular weight is 485 g/mol. The van der Waals surface area contributed by atoms with Gasteiger partial charge in [0.05, 0.1) is 25.2 Å². The van der Waals surface area contributed by atoms with Crippen LogP contribution in [0.1, 0.15) is 27.6 Å². The normalized spacial score (nSPS) is 15.4. The van der Waals surface area contributed by atoms with Crippen LogP contribution in [0.15, 0.2) is 53.9 Å². The van der Waals surface area contributed by atoms with E-state index in [4.69, 9.17) is 21.1 Å². The summed E-state index contributed by atoms with van der Waals surface area (Å²) in [5.41, 5.74) is 2.42. The van der Waals surface area contributed by atoms with Crippen molar-refractivity contribution < 1.29 is 19.2 Å². The molecule has 170 valence electrons. The molecule has 33 heavy (non-hydrogen) atoms. The first-order chi connectivity index (χ1) is 15.9. The lowest BCUT2D eigenvalue weighted by molar-refractivity contribution is -0.384. The number of thiophene rings is 1. The van der Waals surface area contributed by atoms with Gasteiger partial charge in [0.25, 0.3) is 5.69 Å². The van der Waals surface area contributed by atoms with Gasteiger partial charge in [0.15, 0.2) is 11.5 Å². The summed E-state index contributed by atoms with van der Waals surface area (Å²) in [4.78, 5) is 26.7. The third kappa shape index (κ3) is 4.58. The highest BCUT2D eigenvalue weighted by Crippen LogP contribution is 2.42. The third-order valence-electron chi connectivity index (χ3n) is 5.55. The van der Waals surface area contributed by atoms with E-state index in [1.165, 1.54) is 18.2 Å². The predicted octanol–water partition coefficient (Wildman–Crippen LogP) is 5.51. The molecule has 7 nitrogen and oxygen atoms in total. The van der Waals surface area contributed by atoms with Gasteiger partial charge in [-0.25, -0.2) is 0 Å². The van der Waals surface area contributed by atoms with Crippen molar-refractivity contribution in [2.75, 3.05) is 20.8 Å². The van der Waals surface area contributed by atoms with Gasteiger partial charge >= 0.3 is 0 Å².